The molecule has 0 aliphatic heterocycles. The zero-order chi connectivity index (χ0) is 18.3. The van der Waals surface area contributed by atoms with E-state index in [-0.39, 0.29) is 10.9 Å². The van der Waals surface area contributed by atoms with Crippen LogP contribution in [0.2, 0.25) is 5.02 Å². The number of halogens is 2. The Hall–Kier alpha value is -2.39. The van der Waals surface area contributed by atoms with Gasteiger partial charge in [-0.15, -0.1) is 0 Å². The van der Waals surface area contributed by atoms with Gasteiger partial charge in [-0.25, -0.2) is 9.18 Å². The number of hydrogen-bond donors (Lipinski definition) is 1. The second kappa shape index (κ2) is 8.46. The molecule has 0 heterocycles. The number of nitriles is 1. The lowest BCUT2D eigenvalue weighted by molar-refractivity contribution is -0.144. The highest BCUT2D eigenvalue weighted by Gasteiger charge is 2.30. The Morgan fingerprint density at radius 3 is 2.71 bits per heavy atom. The second-order valence-corrected chi connectivity index (χ2v) is 6.04. The zero-order valence-corrected chi connectivity index (χ0v) is 14.4. The topological polar surface area (TPSA) is 79.2 Å². The number of carbonyl (C=O) groups is 2. The van der Waals surface area contributed by atoms with Crippen LogP contribution in [0.1, 0.15) is 26.3 Å². The average molecular weight is 353 g/mol. The van der Waals surface area contributed by atoms with Crippen molar-refractivity contribution in [3.05, 3.63) is 40.7 Å². The van der Waals surface area contributed by atoms with Gasteiger partial charge in [0.1, 0.15) is 11.4 Å². The van der Waals surface area contributed by atoms with E-state index in [0.717, 1.165) is 6.08 Å². The number of nitrogens with one attached hydrogen (secondary N) is 1. The van der Waals surface area contributed by atoms with E-state index in [1.54, 1.807) is 20.8 Å². The van der Waals surface area contributed by atoms with Crippen LogP contribution < -0.4 is 5.32 Å². The van der Waals surface area contributed by atoms with E-state index in [9.17, 15) is 14.0 Å². The molecule has 0 radical (unpaired) electrons. The van der Waals surface area contributed by atoms with Crippen molar-refractivity contribution < 1.29 is 18.7 Å². The largest absolute Gasteiger partial charge is 0.452 e. The molecule has 0 bridgehead atoms. The first-order valence-electron chi connectivity index (χ1n) is 7.20. The minimum absolute atomic E-state index is 0.0608. The van der Waals surface area contributed by atoms with Gasteiger partial charge in [-0.1, -0.05) is 31.5 Å². The average Bonchev–Trinajstić information content (AvgIpc) is 2.53. The van der Waals surface area contributed by atoms with Crippen LogP contribution in [0.15, 0.2) is 24.3 Å². The van der Waals surface area contributed by atoms with Crippen molar-refractivity contribution in [1.82, 2.24) is 5.32 Å². The molecule has 128 valence electrons. The number of amides is 1. The van der Waals surface area contributed by atoms with Gasteiger partial charge in [0.25, 0.3) is 5.91 Å². The minimum atomic E-state index is -1.04. The summed E-state index contributed by atoms with van der Waals surface area (Å²) in [5, 5.41) is 11.6. The Kier molecular flexibility index (Phi) is 6.93. The molecule has 0 fully saturated rings. The summed E-state index contributed by atoms with van der Waals surface area (Å²) in [6.45, 7) is 4.69. The maximum atomic E-state index is 13.0. The van der Waals surface area contributed by atoms with Crippen LogP contribution in [-0.4, -0.2) is 24.0 Å². The quantitative estimate of drug-likeness (QED) is 0.630. The van der Waals surface area contributed by atoms with E-state index in [4.69, 9.17) is 21.6 Å². The second-order valence-electron chi connectivity index (χ2n) is 5.63. The van der Waals surface area contributed by atoms with Crippen molar-refractivity contribution in [2.75, 3.05) is 6.61 Å². The molecule has 1 rings (SSSR count). The SMILES string of the molecule is CC(C)[C@](C)(C#N)NC(=O)COC(=O)/C=C/c1ccc(F)c(Cl)c1. The first-order chi connectivity index (χ1) is 11.2. The Morgan fingerprint density at radius 2 is 2.17 bits per heavy atom. The highest BCUT2D eigenvalue weighted by molar-refractivity contribution is 6.30. The summed E-state index contributed by atoms with van der Waals surface area (Å²) in [5.74, 6) is -1.97. The van der Waals surface area contributed by atoms with Crippen molar-refractivity contribution in [2.45, 2.75) is 26.3 Å². The third-order valence-electron chi connectivity index (χ3n) is 3.49. The number of ether oxygens (including phenoxy) is 1. The molecule has 1 aromatic carbocycles. The lowest BCUT2D eigenvalue weighted by Crippen LogP contribution is -2.50. The smallest absolute Gasteiger partial charge is 0.331 e. The summed E-state index contributed by atoms with van der Waals surface area (Å²) in [5.41, 5.74) is -0.524. The van der Waals surface area contributed by atoms with Gasteiger partial charge in [0.15, 0.2) is 6.61 Å². The minimum Gasteiger partial charge on any atom is -0.452 e. The maximum Gasteiger partial charge on any atom is 0.331 e. The lowest BCUT2D eigenvalue weighted by atomic mass is 9.90. The number of nitrogens with zero attached hydrogens (tertiary/aromatic N) is 1. The molecule has 5 nitrogen and oxygen atoms in total. The van der Waals surface area contributed by atoms with Gasteiger partial charge < -0.3 is 10.1 Å². The fraction of sp³-hybridized carbons (Fsp3) is 0.353. The fourth-order valence-corrected chi connectivity index (χ4v) is 1.78. The Labute approximate surface area is 145 Å². The van der Waals surface area contributed by atoms with Crippen molar-refractivity contribution in [3.63, 3.8) is 0 Å². The van der Waals surface area contributed by atoms with Crippen molar-refractivity contribution >= 4 is 29.6 Å². The summed E-state index contributed by atoms with van der Waals surface area (Å²) < 4.78 is 17.8. The molecule has 0 saturated heterocycles. The zero-order valence-electron chi connectivity index (χ0n) is 13.6. The number of esters is 1. The highest BCUT2D eigenvalue weighted by Crippen LogP contribution is 2.17. The predicted octanol–water partition coefficient (Wildman–Crippen LogP) is 3.09. The fourth-order valence-electron chi connectivity index (χ4n) is 1.59. The molecule has 1 aromatic rings. The van der Waals surface area contributed by atoms with Crippen LogP contribution in [-0.2, 0) is 14.3 Å². The number of benzene rings is 1. The lowest BCUT2D eigenvalue weighted by Gasteiger charge is -2.27. The van der Waals surface area contributed by atoms with Crippen LogP contribution >= 0.6 is 11.6 Å². The third-order valence-corrected chi connectivity index (χ3v) is 3.78. The number of carbonyl (C=O) groups excluding carboxylic acids is 2. The maximum absolute atomic E-state index is 13.0. The molecule has 1 atom stereocenters. The standard InChI is InChI=1S/C17H18ClFN2O3/c1-11(2)17(3,10-20)21-15(22)9-24-16(23)7-5-12-4-6-14(19)13(18)8-12/h4-8,11H,9H2,1-3H3,(H,21,22)/b7-5+/t17-/m0/s1. The third kappa shape index (κ3) is 5.67. The molecule has 0 aliphatic rings. The highest BCUT2D eigenvalue weighted by atomic mass is 35.5. The molecule has 0 aromatic heterocycles. The summed E-state index contributed by atoms with van der Waals surface area (Å²) in [4.78, 5) is 23.3. The van der Waals surface area contributed by atoms with Gasteiger partial charge in [-0.2, -0.15) is 5.26 Å². The van der Waals surface area contributed by atoms with Crippen LogP contribution in [0, 0.1) is 23.1 Å². The normalized spacial score (nSPS) is 13.4. The molecule has 24 heavy (non-hydrogen) atoms. The van der Waals surface area contributed by atoms with Crippen molar-refractivity contribution in [2.24, 2.45) is 5.92 Å². The molecule has 0 saturated carbocycles. The first kappa shape index (κ1) is 19.7. The van der Waals surface area contributed by atoms with Gasteiger partial charge in [0.05, 0.1) is 11.1 Å². The van der Waals surface area contributed by atoms with Crippen molar-refractivity contribution in [1.29, 1.82) is 5.26 Å². The van der Waals surface area contributed by atoms with Crippen LogP contribution in [0.3, 0.4) is 0 Å². The van der Waals surface area contributed by atoms with E-state index < -0.39 is 29.8 Å². The summed E-state index contributed by atoms with van der Waals surface area (Å²) in [6, 6.07) is 6.00. The van der Waals surface area contributed by atoms with Crippen LogP contribution in [0.25, 0.3) is 6.08 Å². The molecular formula is C17H18ClFN2O3. The molecule has 0 unspecified atom stereocenters. The monoisotopic (exact) mass is 352 g/mol. The van der Waals surface area contributed by atoms with Gasteiger partial charge >= 0.3 is 5.97 Å². The predicted molar refractivity (Wildman–Crippen MR) is 88.4 cm³/mol. The van der Waals surface area contributed by atoms with Crippen LogP contribution in [0.4, 0.5) is 4.39 Å². The molecule has 1 amide bonds. The summed E-state index contributed by atoms with van der Waals surface area (Å²) >= 11 is 5.63. The van der Waals surface area contributed by atoms with E-state index in [1.807, 2.05) is 6.07 Å². The molecule has 7 heteroatoms. The molecule has 0 spiro atoms. The van der Waals surface area contributed by atoms with Crippen molar-refractivity contribution in [3.8, 4) is 6.07 Å². The van der Waals surface area contributed by atoms with E-state index in [1.165, 1.54) is 24.3 Å². The van der Waals surface area contributed by atoms with Gasteiger partial charge in [0.2, 0.25) is 0 Å². The number of hydrogen-bond acceptors (Lipinski definition) is 4. The molecular weight excluding hydrogens is 335 g/mol. The Morgan fingerprint density at radius 1 is 1.50 bits per heavy atom. The summed E-state index contributed by atoms with van der Waals surface area (Å²) in [7, 11) is 0. The Bertz CT molecular complexity index is 698. The van der Waals surface area contributed by atoms with E-state index >= 15 is 0 Å². The summed E-state index contributed by atoms with van der Waals surface area (Å²) in [6.07, 6.45) is 2.49. The van der Waals surface area contributed by atoms with Crippen LogP contribution in [0.5, 0.6) is 0 Å². The first-order valence-corrected chi connectivity index (χ1v) is 7.58. The van der Waals surface area contributed by atoms with Gasteiger partial charge in [-0.3, -0.25) is 4.79 Å². The van der Waals surface area contributed by atoms with E-state index in [2.05, 4.69) is 5.32 Å². The Balaban J connectivity index is 2.54. The van der Waals surface area contributed by atoms with E-state index in [0.29, 0.717) is 5.56 Å². The number of rotatable bonds is 6. The van der Waals surface area contributed by atoms with Gasteiger partial charge in [-0.05, 0) is 36.6 Å². The van der Waals surface area contributed by atoms with Gasteiger partial charge in [0, 0.05) is 6.08 Å². The molecule has 0 aliphatic carbocycles. The molecule has 1 N–H and O–H groups in total.